The third-order valence-electron chi connectivity index (χ3n) is 5.14. The number of carbonyl (C=O) groups is 2. The first-order chi connectivity index (χ1) is 12.5. The lowest BCUT2D eigenvalue weighted by atomic mass is 10.1. The standard InChI is InChI=1S/C20H19NO4S/c1-12(11-22)21-18(23)10-17(20(21)24)26(25)19-15-8-4-2-6-13(15)14-7-3-5-9-16(14)19/h2-9,12,17,19,22H,10-11H2,1H3. The van der Waals surface area contributed by atoms with Gasteiger partial charge in [-0.05, 0) is 29.2 Å². The van der Waals surface area contributed by atoms with E-state index in [1.54, 1.807) is 6.92 Å². The van der Waals surface area contributed by atoms with Crippen molar-refractivity contribution in [1.82, 2.24) is 4.90 Å². The molecule has 2 amide bonds. The minimum absolute atomic E-state index is 0.0728. The monoisotopic (exact) mass is 369 g/mol. The van der Waals surface area contributed by atoms with E-state index in [4.69, 9.17) is 0 Å². The van der Waals surface area contributed by atoms with Crippen LogP contribution in [-0.2, 0) is 20.4 Å². The molecular formula is C20H19NO4S. The van der Waals surface area contributed by atoms with Gasteiger partial charge in [0.25, 0.3) is 0 Å². The molecule has 0 spiro atoms. The molecule has 1 aliphatic carbocycles. The highest BCUT2D eigenvalue weighted by Gasteiger charge is 2.47. The maximum Gasteiger partial charge on any atom is 0.245 e. The normalized spacial score (nSPS) is 21.6. The van der Waals surface area contributed by atoms with Crippen molar-refractivity contribution in [2.75, 3.05) is 6.61 Å². The molecule has 1 fully saturated rings. The average molecular weight is 369 g/mol. The van der Waals surface area contributed by atoms with Crippen LogP contribution >= 0.6 is 0 Å². The molecule has 0 bridgehead atoms. The molecule has 5 nitrogen and oxygen atoms in total. The van der Waals surface area contributed by atoms with Crippen LogP contribution in [-0.4, -0.2) is 43.9 Å². The van der Waals surface area contributed by atoms with Gasteiger partial charge < -0.3 is 5.11 Å². The predicted molar refractivity (Wildman–Crippen MR) is 98.7 cm³/mol. The van der Waals surface area contributed by atoms with Crippen LogP contribution in [0.4, 0.5) is 0 Å². The average Bonchev–Trinajstić information content (AvgIpc) is 3.15. The number of likely N-dealkylation sites (tertiary alicyclic amines) is 1. The molecule has 0 radical (unpaired) electrons. The molecule has 6 heteroatoms. The van der Waals surface area contributed by atoms with E-state index in [1.165, 1.54) is 0 Å². The fraction of sp³-hybridized carbons (Fsp3) is 0.300. The second kappa shape index (κ2) is 6.45. The van der Waals surface area contributed by atoms with Gasteiger partial charge in [-0.15, -0.1) is 0 Å². The first kappa shape index (κ1) is 17.1. The maximum atomic E-state index is 13.4. The molecule has 1 N–H and O–H groups in total. The largest absolute Gasteiger partial charge is 0.394 e. The van der Waals surface area contributed by atoms with E-state index in [-0.39, 0.29) is 18.9 Å². The lowest BCUT2D eigenvalue weighted by molar-refractivity contribution is -0.141. The quantitative estimate of drug-likeness (QED) is 0.837. The molecule has 1 heterocycles. The van der Waals surface area contributed by atoms with E-state index in [0.717, 1.165) is 27.2 Å². The van der Waals surface area contributed by atoms with Gasteiger partial charge in [0.05, 0.1) is 24.3 Å². The van der Waals surface area contributed by atoms with Crippen molar-refractivity contribution in [3.05, 3.63) is 59.7 Å². The van der Waals surface area contributed by atoms with Crippen molar-refractivity contribution in [2.24, 2.45) is 0 Å². The number of hydrogen-bond donors (Lipinski definition) is 1. The van der Waals surface area contributed by atoms with E-state index in [1.807, 2.05) is 48.5 Å². The molecule has 4 rings (SSSR count). The van der Waals surface area contributed by atoms with Crippen molar-refractivity contribution >= 4 is 22.6 Å². The summed E-state index contributed by atoms with van der Waals surface area (Å²) < 4.78 is 13.4. The Balaban J connectivity index is 1.74. The third kappa shape index (κ3) is 2.44. The molecular weight excluding hydrogens is 350 g/mol. The highest BCUT2D eigenvalue weighted by molar-refractivity contribution is 7.87. The zero-order valence-electron chi connectivity index (χ0n) is 14.3. The molecule has 2 aromatic carbocycles. The highest BCUT2D eigenvalue weighted by atomic mass is 32.2. The summed E-state index contributed by atoms with van der Waals surface area (Å²) in [7, 11) is -1.58. The van der Waals surface area contributed by atoms with Crippen molar-refractivity contribution in [3.63, 3.8) is 0 Å². The molecule has 134 valence electrons. The van der Waals surface area contributed by atoms with Crippen molar-refractivity contribution in [1.29, 1.82) is 0 Å². The molecule has 0 saturated carbocycles. The van der Waals surface area contributed by atoms with Crippen molar-refractivity contribution in [2.45, 2.75) is 29.9 Å². The lowest BCUT2D eigenvalue weighted by Gasteiger charge is -2.22. The first-order valence-corrected chi connectivity index (χ1v) is 9.86. The van der Waals surface area contributed by atoms with Gasteiger partial charge in [-0.1, -0.05) is 48.5 Å². The summed E-state index contributed by atoms with van der Waals surface area (Å²) in [6, 6.07) is 14.9. The van der Waals surface area contributed by atoms with Crippen molar-refractivity contribution in [3.8, 4) is 11.1 Å². The number of fused-ring (bicyclic) bond motifs is 3. The van der Waals surface area contributed by atoms with Crippen LogP contribution in [0.25, 0.3) is 11.1 Å². The summed E-state index contributed by atoms with van der Waals surface area (Å²) in [5, 5.41) is 8.01. The molecule has 3 unspecified atom stereocenters. The number of aliphatic hydroxyl groups excluding tert-OH is 1. The van der Waals surface area contributed by atoms with E-state index < -0.39 is 33.2 Å². The summed E-state index contributed by atoms with van der Waals surface area (Å²) in [5.41, 5.74) is 3.92. The second-order valence-electron chi connectivity index (χ2n) is 6.71. The Labute approximate surface area is 154 Å². The molecule has 2 aromatic rings. The first-order valence-electron chi connectivity index (χ1n) is 8.59. The van der Waals surface area contributed by atoms with Gasteiger partial charge in [-0.2, -0.15) is 0 Å². The van der Waals surface area contributed by atoms with E-state index in [2.05, 4.69) is 0 Å². The van der Waals surface area contributed by atoms with Crippen LogP contribution in [0.1, 0.15) is 29.7 Å². The van der Waals surface area contributed by atoms with E-state index in [0.29, 0.717) is 0 Å². The summed E-state index contributed by atoms with van der Waals surface area (Å²) in [6.07, 6.45) is -0.0728. The van der Waals surface area contributed by atoms with Gasteiger partial charge in [0.15, 0.2) is 0 Å². The Kier molecular flexibility index (Phi) is 4.25. The van der Waals surface area contributed by atoms with Gasteiger partial charge in [0, 0.05) is 10.8 Å². The number of carbonyl (C=O) groups excluding carboxylic acids is 2. The highest BCUT2D eigenvalue weighted by Crippen LogP contribution is 2.47. The molecule has 26 heavy (non-hydrogen) atoms. The predicted octanol–water partition coefficient (Wildman–Crippen LogP) is 2.01. The fourth-order valence-electron chi connectivity index (χ4n) is 3.87. The number of rotatable bonds is 4. The number of benzene rings is 2. The number of amides is 2. The third-order valence-corrected chi connectivity index (χ3v) is 7.04. The Bertz CT molecular complexity index is 880. The van der Waals surface area contributed by atoms with Gasteiger partial charge in [0.1, 0.15) is 5.25 Å². The molecule has 0 aromatic heterocycles. The molecule has 3 atom stereocenters. The Hall–Kier alpha value is -2.31. The van der Waals surface area contributed by atoms with E-state index >= 15 is 0 Å². The lowest BCUT2D eigenvalue weighted by Crippen LogP contribution is -2.42. The number of nitrogens with zero attached hydrogens (tertiary/aromatic N) is 1. The van der Waals surface area contributed by atoms with E-state index in [9.17, 15) is 18.9 Å². The summed E-state index contributed by atoms with van der Waals surface area (Å²) in [5.74, 6) is -0.814. The smallest absolute Gasteiger partial charge is 0.245 e. The second-order valence-corrected chi connectivity index (χ2v) is 8.41. The van der Waals surface area contributed by atoms with Crippen LogP contribution in [0, 0.1) is 0 Å². The van der Waals surface area contributed by atoms with Gasteiger partial charge in [0.2, 0.25) is 11.8 Å². The summed E-state index contributed by atoms with van der Waals surface area (Å²) in [4.78, 5) is 26.1. The Morgan fingerprint density at radius 1 is 1.08 bits per heavy atom. The Morgan fingerprint density at radius 3 is 2.15 bits per heavy atom. The fourth-order valence-corrected chi connectivity index (χ4v) is 5.73. The summed E-state index contributed by atoms with van der Waals surface area (Å²) in [6.45, 7) is 1.31. The maximum absolute atomic E-state index is 13.4. The minimum Gasteiger partial charge on any atom is -0.394 e. The van der Waals surface area contributed by atoms with Crippen LogP contribution in [0.15, 0.2) is 48.5 Å². The SMILES string of the molecule is CC(CO)N1C(=O)CC(S(=O)C2c3ccccc3-c3ccccc32)C1=O. The van der Waals surface area contributed by atoms with Crippen LogP contribution in [0.3, 0.4) is 0 Å². The number of aliphatic hydroxyl groups is 1. The van der Waals surface area contributed by atoms with Crippen LogP contribution < -0.4 is 0 Å². The van der Waals surface area contributed by atoms with Crippen molar-refractivity contribution < 1.29 is 18.9 Å². The van der Waals surface area contributed by atoms with Gasteiger partial charge >= 0.3 is 0 Å². The molecule has 1 saturated heterocycles. The summed E-state index contributed by atoms with van der Waals surface area (Å²) >= 11 is 0. The molecule has 2 aliphatic rings. The van der Waals surface area contributed by atoms with Gasteiger partial charge in [-0.25, -0.2) is 0 Å². The van der Waals surface area contributed by atoms with Crippen LogP contribution in [0.5, 0.6) is 0 Å². The zero-order chi connectivity index (χ0) is 18.4. The minimum atomic E-state index is -1.58. The molecule has 1 aliphatic heterocycles. The zero-order valence-corrected chi connectivity index (χ0v) is 15.1. The van der Waals surface area contributed by atoms with Gasteiger partial charge in [-0.3, -0.25) is 18.7 Å². The number of hydrogen-bond acceptors (Lipinski definition) is 4. The van der Waals surface area contributed by atoms with Crippen LogP contribution in [0.2, 0.25) is 0 Å². The number of imide groups is 1. The topological polar surface area (TPSA) is 74.7 Å². The Morgan fingerprint density at radius 2 is 1.62 bits per heavy atom.